The Morgan fingerprint density at radius 2 is 2.13 bits per heavy atom. The van der Waals surface area contributed by atoms with Crippen LogP contribution in [0.1, 0.15) is 40.0 Å². The number of nitrogens with one attached hydrogen (secondary N) is 2. The summed E-state index contributed by atoms with van der Waals surface area (Å²) in [5, 5.41) is 6.51. The third-order valence-electron chi connectivity index (χ3n) is 3.76. The summed E-state index contributed by atoms with van der Waals surface area (Å²) < 4.78 is 0. The van der Waals surface area contributed by atoms with Gasteiger partial charge in [0.25, 0.3) is 0 Å². The number of rotatable bonds is 2. The Morgan fingerprint density at radius 1 is 1.40 bits per heavy atom. The van der Waals surface area contributed by atoms with E-state index in [1.807, 2.05) is 0 Å². The standard InChI is InChI=1S/C12H22N2O/c1-8-5-12(2,3)6-10(8)14-9-4-11(15)13-7-9/h8-10,14H,4-7H2,1-3H3,(H,13,15). The van der Waals surface area contributed by atoms with Crippen molar-refractivity contribution in [2.24, 2.45) is 11.3 Å². The number of hydrogen-bond donors (Lipinski definition) is 2. The fraction of sp³-hybridized carbons (Fsp3) is 0.917. The zero-order valence-electron chi connectivity index (χ0n) is 9.97. The molecule has 1 aliphatic heterocycles. The van der Waals surface area contributed by atoms with Crippen LogP contribution in [0.25, 0.3) is 0 Å². The third kappa shape index (κ3) is 2.51. The zero-order chi connectivity index (χ0) is 11.1. The van der Waals surface area contributed by atoms with Gasteiger partial charge in [0, 0.05) is 25.0 Å². The molecule has 0 aromatic rings. The minimum Gasteiger partial charge on any atom is -0.354 e. The van der Waals surface area contributed by atoms with Gasteiger partial charge in [-0.05, 0) is 24.2 Å². The molecule has 3 heteroatoms. The lowest BCUT2D eigenvalue weighted by Gasteiger charge is -2.22. The molecule has 2 N–H and O–H groups in total. The molecule has 2 rings (SSSR count). The number of amides is 1. The molecule has 1 saturated carbocycles. The number of carbonyl (C=O) groups is 1. The highest BCUT2D eigenvalue weighted by atomic mass is 16.1. The van der Waals surface area contributed by atoms with Crippen molar-refractivity contribution in [1.82, 2.24) is 10.6 Å². The summed E-state index contributed by atoms with van der Waals surface area (Å²) in [6.07, 6.45) is 3.18. The number of carbonyl (C=O) groups excluding carboxylic acids is 1. The summed E-state index contributed by atoms with van der Waals surface area (Å²) in [5.74, 6) is 0.924. The summed E-state index contributed by atoms with van der Waals surface area (Å²) in [7, 11) is 0. The zero-order valence-corrected chi connectivity index (χ0v) is 9.97. The van der Waals surface area contributed by atoms with Gasteiger partial charge in [0.2, 0.25) is 5.91 Å². The van der Waals surface area contributed by atoms with Crippen LogP contribution in [0.2, 0.25) is 0 Å². The molecule has 2 aliphatic rings. The van der Waals surface area contributed by atoms with Gasteiger partial charge in [-0.2, -0.15) is 0 Å². The largest absolute Gasteiger partial charge is 0.354 e. The molecular weight excluding hydrogens is 188 g/mol. The highest BCUT2D eigenvalue weighted by molar-refractivity contribution is 5.78. The van der Waals surface area contributed by atoms with E-state index in [0.29, 0.717) is 23.9 Å². The molecule has 1 saturated heterocycles. The van der Waals surface area contributed by atoms with Gasteiger partial charge >= 0.3 is 0 Å². The maximum absolute atomic E-state index is 11.1. The monoisotopic (exact) mass is 210 g/mol. The maximum Gasteiger partial charge on any atom is 0.221 e. The van der Waals surface area contributed by atoms with Crippen LogP contribution in [0.4, 0.5) is 0 Å². The van der Waals surface area contributed by atoms with Crippen molar-refractivity contribution in [2.45, 2.75) is 52.1 Å². The molecule has 3 unspecified atom stereocenters. The van der Waals surface area contributed by atoms with Crippen LogP contribution >= 0.6 is 0 Å². The van der Waals surface area contributed by atoms with E-state index in [1.165, 1.54) is 12.8 Å². The predicted octanol–water partition coefficient (Wildman–Crippen LogP) is 1.29. The van der Waals surface area contributed by atoms with Gasteiger partial charge in [-0.15, -0.1) is 0 Å². The van der Waals surface area contributed by atoms with E-state index >= 15 is 0 Å². The van der Waals surface area contributed by atoms with Gasteiger partial charge < -0.3 is 10.6 Å². The Hall–Kier alpha value is -0.570. The van der Waals surface area contributed by atoms with E-state index in [4.69, 9.17) is 0 Å². The minimum atomic E-state index is 0.192. The lowest BCUT2D eigenvalue weighted by molar-refractivity contribution is -0.119. The Bertz CT molecular complexity index is 262. The molecule has 3 nitrogen and oxygen atoms in total. The van der Waals surface area contributed by atoms with Crippen LogP contribution in [0.5, 0.6) is 0 Å². The topological polar surface area (TPSA) is 41.1 Å². The molecule has 15 heavy (non-hydrogen) atoms. The van der Waals surface area contributed by atoms with Gasteiger partial charge in [-0.1, -0.05) is 20.8 Å². The number of hydrogen-bond acceptors (Lipinski definition) is 2. The van der Waals surface area contributed by atoms with Crippen molar-refractivity contribution < 1.29 is 4.79 Å². The van der Waals surface area contributed by atoms with Crippen LogP contribution in [0.3, 0.4) is 0 Å². The van der Waals surface area contributed by atoms with Crippen molar-refractivity contribution in [1.29, 1.82) is 0 Å². The van der Waals surface area contributed by atoms with E-state index < -0.39 is 0 Å². The lowest BCUT2D eigenvalue weighted by atomic mass is 9.91. The molecule has 0 radical (unpaired) electrons. The molecule has 1 heterocycles. The predicted molar refractivity (Wildman–Crippen MR) is 60.5 cm³/mol. The first kappa shape index (κ1) is 10.9. The van der Waals surface area contributed by atoms with Crippen molar-refractivity contribution in [2.75, 3.05) is 6.54 Å². The fourth-order valence-electron chi connectivity index (χ4n) is 3.14. The highest BCUT2D eigenvalue weighted by Gasteiger charge is 2.38. The molecule has 0 aromatic heterocycles. The van der Waals surface area contributed by atoms with Crippen LogP contribution in [0.15, 0.2) is 0 Å². The molecular formula is C12H22N2O. The summed E-state index contributed by atoms with van der Waals surface area (Å²) in [5.41, 5.74) is 0.465. The van der Waals surface area contributed by atoms with Crippen LogP contribution in [0, 0.1) is 11.3 Å². The first-order chi connectivity index (χ1) is 6.96. The van der Waals surface area contributed by atoms with Crippen LogP contribution < -0.4 is 10.6 Å². The molecule has 1 aliphatic carbocycles. The Labute approximate surface area is 92.0 Å². The Balaban J connectivity index is 1.87. The smallest absolute Gasteiger partial charge is 0.221 e. The summed E-state index contributed by atoms with van der Waals surface area (Å²) in [4.78, 5) is 11.1. The third-order valence-corrected chi connectivity index (χ3v) is 3.76. The molecule has 86 valence electrons. The van der Waals surface area contributed by atoms with Crippen LogP contribution in [-0.2, 0) is 4.79 Å². The second-order valence-corrected chi connectivity index (χ2v) is 6.03. The van der Waals surface area contributed by atoms with Crippen LogP contribution in [-0.4, -0.2) is 24.5 Å². The quantitative estimate of drug-likeness (QED) is 0.721. The van der Waals surface area contributed by atoms with E-state index in [2.05, 4.69) is 31.4 Å². The van der Waals surface area contributed by atoms with Gasteiger partial charge in [0.1, 0.15) is 0 Å². The fourth-order valence-corrected chi connectivity index (χ4v) is 3.14. The SMILES string of the molecule is CC1CC(C)(C)CC1NC1CNC(=O)C1. The van der Waals surface area contributed by atoms with Gasteiger partial charge in [-0.25, -0.2) is 0 Å². The molecule has 1 amide bonds. The molecule has 0 bridgehead atoms. The van der Waals surface area contributed by atoms with Crippen molar-refractivity contribution >= 4 is 5.91 Å². The van der Waals surface area contributed by atoms with E-state index in [9.17, 15) is 4.79 Å². The average molecular weight is 210 g/mol. The Morgan fingerprint density at radius 3 is 2.60 bits per heavy atom. The molecule has 0 aromatic carbocycles. The first-order valence-electron chi connectivity index (χ1n) is 5.99. The van der Waals surface area contributed by atoms with Crippen molar-refractivity contribution in [3.8, 4) is 0 Å². The first-order valence-corrected chi connectivity index (χ1v) is 5.99. The Kier molecular flexibility index (Phi) is 2.75. The second kappa shape index (κ2) is 3.78. The van der Waals surface area contributed by atoms with Gasteiger partial charge in [-0.3, -0.25) is 4.79 Å². The normalized spacial score (nSPS) is 39.4. The van der Waals surface area contributed by atoms with Crippen molar-refractivity contribution in [3.63, 3.8) is 0 Å². The van der Waals surface area contributed by atoms with Gasteiger partial charge in [0.05, 0.1) is 0 Å². The molecule has 3 atom stereocenters. The summed E-state index contributed by atoms with van der Waals surface area (Å²) in [6, 6.07) is 0.955. The van der Waals surface area contributed by atoms with Gasteiger partial charge in [0.15, 0.2) is 0 Å². The lowest BCUT2D eigenvalue weighted by Crippen LogP contribution is -2.41. The van der Waals surface area contributed by atoms with E-state index in [1.54, 1.807) is 0 Å². The maximum atomic E-state index is 11.1. The highest BCUT2D eigenvalue weighted by Crippen LogP contribution is 2.41. The summed E-state index contributed by atoms with van der Waals surface area (Å²) >= 11 is 0. The van der Waals surface area contributed by atoms with E-state index in [0.717, 1.165) is 12.5 Å². The summed E-state index contributed by atoms with van der Waals surface area (Å²) in [6.45, 7) is 7.80. The average Bonchev–Trinajstić information content (AvgIpc) is 2.58. The molecule has 0 spiro atoms. The minimum absolute atomic E-state index is 0.192. The second-order valence-electron chi connectivity index (χ2n) is 6.03. The van der Waals surface area contributed by atoms with Crippen molar-refractivity contribution in [3.05, 3.63) is 0 Å². The van der Waals surface area contributed by atoms with E-state index in [-0.39, 0.29) is 5.91 Å². The molecule has 2 fully saturated rings.